The quantitative estimate of drug-likeness (QED) is 0.720. The van der Waals surface area contributed by atoms with Gasteiger partial charge >= 0.3 is 88.9 Å². The summed E-state index contributed by atoms with van der Waals surface area (Å²) in [4.78, 5) is 12.5. The van der Waals surface area contributed by atoms with Gasteiger partial charge in [0, 0.05) is 0 Å². The molecule has 76 valence electrons. The first-order valence-electron chi connectivity index (χ1n) is 4.18. The second kappa shape index (κ2) is 5.13. The molecule has 0 fully saturated rings. The Kier molecular flexibility index (Phi) is 4.11. The third-order valence-corrected chi connectivity index (χ3v) is 3.62. The third-order valence-electron chi connectivity index (χ3n) is 1.62. The SMILES string of the molecule is CN(C)C(=O)C(F)[Se]c1ccccc1. The Morgan fingerprint density at radius 1 is 1.36 bits per heavy atom. The van der Waals surface area contributed by atoms with Gasteiger partial charge in [-0.2, -0.15) is 0 Å². The molecule has 1 unspecified atom stereocenters. The van der Waals surface area contributed by atoms with Gasteiger partial charge in [0.2, 0.25) is 0 Å². The molecule has 0 spiro atoms. The van der Waals surface area contributed by atoms with E-state index in [1.165, 1.54) is 4.90 Å². The predicted molar refractivity (Wildman–Crippen MR) is 55.4 cm³/mol. The van der Waals surface area contributed by atoms with Gasteiger partial charge in [0.25, 0.3) is 0 Å². The Bertz CT molecular complexity index is 302. The van der Waals surface area contributed by atoms with E-state index in [0.717, 1.165) is 4.46 Å². The standard InChI is InChI=1S/C10H12FNOSe/c1-12(2)10(13)9(11)14-8-6-4-3-5-7-8/h3-7,9H,1-2H3. The summed E-state index contributed by atoms with van der Waals surface area (Å²) in [6.45, 7) is 0. The zero-order chi connectivity index (χ0) is 10.6. The average Bonchev–Trinajstić information content (AvgIpc) is 2.18. The molecule has 0 aromatic heterocycles. The molecule has 0 bridgehead atoms. The fraction of sp³-hybridized carbons (Fsp3) is 0.300. The van der Waals surface area contributed by atoms with Crippen LogP contribution in [0.3, 0.4) is 0 Å². The number of amides is 1. The van der Waals surface area contributed by atoms with E-state index in [2.05, 4.69) is 0 Å². The molecule has 1 rings (SSSR count). The summed E-state index contributed by atoms with van der Waals surface area (Å²) in [5.74, 6) is -0.450. The molecule has 0 radical (unpaired) electrons. The summed E-state index contributed by atoms with van der Waals surface area (Å²) in [5, 5.41) is -1.38. The van der Waals surface area contributed by atoms with Gasteiger partial charge in [-0.3, -0.25) is 0 Å². The maximum atomic E-state index is 13.4. The van der Waals surface area contributed by atoms with E-state index in [9.17, 15) is 9.18 Å². The van der Waals surface area contributed by atoms with E-state index in [0.29, 0.717) is 0 Å². The predicted octanol–water partition coefficient (Wildman–Crippen LogP) is 0.400. The van der Waals surface area contributed by atoms with Gasteiger partial charge in [0.05, 0.1) is 0 Å². The molecule has 0 heterocycles. The molecule has 0 aliphatic rings. The van der Waals surface area contributed by atoms with E-state index in [4.69, 9.17) is 0 Å². The number of halogens is 1. The third kappa shape index (κ3) is 3.13. The molecule has 0 saturated carbocycles. The normalized spacial score (nSPS) is 12.2. The van der Waals surface area contributed by atoms with Crippen molar-refractivity contribution in [3.05, 3.63) is 30.3 Å². The number of hydrogen-bond donors (Lipinski definition) is 0. The molecule has 1 aromatic carbocycles. The van der Waals surface area contributed by atoms with Crippen molar-refractivity contribution in [2.75, 3.05) is 14.1 Å². The molecule has 2 nitrogen and oxygen atoms in total. The van der Waals surface area contributed by atoms with Crippen LogP contribution in [0, 0.1) is 0 Å². The monoisotopic (exact) mass is 261 g/mol. The Hall–Kier alpha value is -0.861. The summed E-state index contributed by atoms with van der Waals surface area (Å²) >= 11 is -0.428. The zero-order valence-corrected chi connectivity index (χ0v) is 9.82. The first kappa shape index (κ1) is 11.2. The van der Waals surface area contributed by atoms with Gasteiger partial charge in [-0.25, -0.2) is 0 Å². The van der Waals surface area contributed by atoms with Crippen molar-refractivity contribution in [3.63, 3.8) is 0 Å². The molecule has 1 amide bonds. The first-order chi connectivity index (χ1) is 6.61. The van der Waals surface area contributed by atoms with Gasteiger partial charge in [-0.15, -0.1) is 0 Å². The molecule has 0 aliphatic carbocycles. The van der Waals surface area contributed by atoms with E-state index in [1.807, 2.05) is 30.3 Å². The van der Waals surface area contributed by atoms with Gasteiger partial charge < -0.3 is 0 Å². The summed E-state index contributed by atoms with van der Waals surface area (Å²) in [6.07, 6.45) is 0. The Morgan fingerprint density at radius 2 is 1.93 bits per heavy atom. The van der Waals surface area contributed by atoms with Crippen molar-refractivity contribution in [2.45, 2.75) is 5.07 Å². The van der Waals surface area contributed by atoms with Crippen molar-refractivity contribution >= 4 is 25.3 Å². The van der Waals surface area contributed by atoms with Crippen LogP contribution in [0.1, 0.15) is 0 Å². The van der Waals surface area contributed by atoms with Crippen LogP contribution >= 0.6 is 0 Å². The van der Waals surface area contributed by atoms with Crippen LogP contribution < -0.4 is 4.46 Å². The van der Waals surface area contributed by atoms with Crippen molar-refractivity contribution < 1.29 is 9.18 Å². The topological polar surface area (TPSA) is 20.3 Å². The van der Waals surface area contributed by atoms with Crippen molar-refractivity contribution in [1.29, 1.82) is 0 Å². The Morgan fingerprint density at radius 3 is 2.43 bits per heavy atom. The minimum atomic E-state index is -1.38. The minimum absolute atomic E-state index is 0.428. The number of nitrogens with zero attached hydrogens (tertiary/aromatic N) is 1. The van der Waals surface area contributed by atoms with Gasteiger partial charge in [-0.05, 0) is 0 Å². The molecule has 0 N–H and O–H groups in total. The number of alkyl halides is 1. The van der Waals surface area contributed by atoms with E-state index >= 15 is 0 Å². The number of rotatable bonds is 3. The second-order valence-electron chi connectivity index (χ2n) is 2.98. The number of benzene rings is 1. The van der Waals surface area contributed by atoms with Crippen LogP contribution in [0.5, 0.6) is 0 Å². The van der Waals surface area contributed by atoms with Gasteiger partial charge in [-0.1, -0.05) is 0 Å². The van der Waals surface area contributed by atoms with E-state index in [1.54, 1.807) is 14.1 Å². The van der Waals surface area contributed by atoms with Gasteiger partial charge in [0.15, 0.2) is 0 Å². The van der Waals surface area contributed by atoms with Crippen molar-refractivity contribution in [2.24, 2.45) is 0 Å². The molecule has 0 saturated heterocycles. The molecule has 0 aliphatic heterocycles. The van der Waals surface area contributed by atoms with E-state index < -0.39 is 25.9 Å². The molecular weight excluding hydrogens is 248 g/mol. The number of carbonyl (C=O) groups is 1. The van der Waals surface area contributed by atoms with Crippen LogP contribution in [-0.4, -0.2) is 44.9 Å². The van der Waals surface area contributed by atoms with Crippen LogP contribution in [0.25, 0.3) is 0 Å². The van der Waals surface area contributed by atoms with Crippen LogP contribution in [0.2, 0.25) is 0 Å². The maximum absolute atomic E-state index is 13.4. The molecular formula is C10H12FNOSe. The fourth-order valence-corrected chi connectivity index (χ4v) is 2.69. The van der Waals surface area contributed by atoms with Crippen LogP contribution in [0.15, 0.2) is 30.3 Å². The molecule has 1 atom stereocenters. The number of hydrogen-bond acceptors (Lipinski definition) is 1. The summed E-state index contributed by atoms with van der Waals surface area (Å²) in [6, 6.07) is 9.26. The van der Waals surface area contributed by atoms with Gasteiger partial charge in [0.1, 0.15) is 0 Å². The summed E-state index contributed by atoms with van der Waals surface area (Å²) in [7, 11) is 3.13. The molecule has 4 heteroatoms. The molecule has 14 heavy (non-hydrogen) atoms. The summed E-state index contributed by atoms with van der Waals surface area (Å²) < 4.78 is 14.3. The fourth-order valence-electron chi connectivity index (χ4n) is 0.872. The number of carbonyl (C=O) groups excluding carboxylic acids is 1. The van der Waals surface area contributed by atoms with Crippen molar-refractivity contribution in [3.8, 4) is 0 Å². The average molecular weight is 260 g/mol. The Labute approximate surface area is 89.3 Å². The Balaban J connectivity index is 2.57. The van der Waals surface area contributed by atoms with Crippen LogP contribution in [0.4, 0.5) is 4.39 Å². The molecule has 1 aromatic rings. The van der Waals surface area contributed by atoms with Crippen LogP contribution in [-0.2, 0) is 4.79 Å². The van der Waals surface area contributed by atoms with E-state index in [-0.39, 0.29) is 0 Å². The second-order valence-corrected chi connectivity index (χ2v) is 5.33. The van der Waals surface area contributed by atoms with Crippen molar-refractivity contribution in [1.82, 2.24) is 4.90 Å². The zero-order valence-electron chi connectivity index (χ0n) is 8.11. The summed E-state index contributed by atoms with van der Waals surface area (Å²) in [5.41, 5.74) is 0. The first-order valence-corrected chi connectivity index (χ1v) is 6.03.